The summed E-state index contributed by atoms with van der Waals surface area (Å²) < 4.78 is 5.02. The molecule has 0 saturated carbocycles. The monoisotopic (exact) mass is 131 g/mol. The van der Waals surface area contributed by atoms with Gasteiger partial charge in [0.15, 0.2) is 6.29 Å². The normalized spacial score (nSPS) is 52.0. The molecule has 1 rings (SSSR count). The summed E-state index contributed by atoms with van der Waals surface area (Å²) in [6.07, 6.45) is -0.662. The van der Waals surface area contributed by atoms with Crippen molar-refractivity contribution in [3.8, 4) is 0 Å². The molecule has 0 aromatic carbocycles. The largest absolute Gasteiger partial charge is 0.367 e. The molecule has 3 heteroatoms. The maximum Gasteiger partial charge on any atom is 0.170 e. The number of nitrogens with two attached hydrogens (primary N) is 1. The Morgan fingerprint density at radius 1 is 1.44 bits per heavy atom. The van der Waals surface area contributed by atoms with E-state index < -0.39 is 6.29 Å². The van der Waals surface area contributed by atoms with Gasteiger partial charge >= 0.3 is 0 Å². The predicted molar refractivity (Wildman–Crippen MR) is 33.7 cm³/mol. The second-order valence-corrected chi connectivity index (χ2v) is 2.67. The van der Waals surface area contributed by atoms with E-state index in [4.69, 9.17) is 15.6 Å². The highest BCUT2D eigenvalue weighted by Crippen LogP contribution is 2.22. The van der Waals surface area contributed by atoms with Crippen molar-refractivity contribution < 1.29 is 9.84 Å². The number of hydrogen-bond donors (Lipinski definition) is 2. The van der Waals surface area contributed by atoms with Gasteiger partial charge in [-0.05, 0) is 6.92 Å². The molecule has 0 bridgehead atoms. The van der Waals surface area contributed by atoms with Crippen LogP contribution in [0, 0.1) is 5.92 Å². The maximum absolute atomic E-state index is 8.99. The second-order valence-electron chi connectivity index (χ2n) is 2.67. The van der Waals surface area contributed by atoms with Crippen LogP contribution in [0.2, 0.25) is 0 Å². The van der Waals surface area contributed by atoms with Crippen molar-refractivity contribution in [1.82, 2.24) is 0 Å². The van der Waals surface area contributed by atoms with E-state index in [0.717, 1.165) is 0 Å². The first-order chi connectivity index (χ1) is 4.13. The van der Waals surface area contributed by atoms with Gasteiger partial charge in [0, 0.05) is 5.92 Å². The highest BCUT2D eigenvalue weighted by atomic mass is 16.6. The van der Waals surface area contributed by atoms with Gasteiger partial charge in [0.2, 0.25) is 0 Å². The van der Waals surface area contributed by atoms with E-state index in [9.17, 15) is 0 Å². The molecule has 1 unspecified atom stereocenters. The topological polar surface area (TPSA) is 55.5 Å². The lowest BCUT2D eigenvalue weighted by Gasteiger charge is -2.09. The highest BCUT2D eigenvalue weighted by Gasteiger charge is 2.35. The van der Waals surface area contributed by atoms with Crippen LogP contribution < -0.4 is 5.73 Å². The molecule has 0 aromatic rings. The summed E-state index contributed by atoms with van der Waals surface area (Å²) in [5, 5.41) is 8.99. The van der Waals surface area contributed by atoms with Crippen molar-refractivity contribution in [2.75, 3.05) is 0 Å². The summed E-state index contributed by atoms with van der Waals surface area (Å²) in [6.45, 7) is 3.90. The summed E-state index contributed by atoms with van der Waals surface area (Å²) in [4.78, 5) is 0. The Bertz CT molecular complexity index is 95.2. The Balaban J connectivity index is 2.54. The molecular formula is C6H13NO2. The minimum absolute atomic E-state index is 0.0926. The molecule has 54 valence electrons. The quantitative estimate of drug-likeness (QED) is 0.474. The Morgan fingerprint density at radius 2 is 2.00 bits per heavy atom. The van der Waals surface area contributed by atoms with E-state index in [2.05, 4.69) is 0 Å². The van der Waals surface area contributed by atoms with Crippen LogP contribution in [0.4, 0.5) is 0 Å². The Morgan fingerprint density at radius 3 is 2.11 bits per heavy atom. The van der Waals surface area contributed by atoms with Crippen LogP contribution in [0.15, 0.2) is 0 Å². The molecule has 0 radical (unpaired) electrons. The number of aliphatic hydroxyl groups excluding tert-OH is 1. The fraction of sp³-hybridized carbons (Fsp3) is 1.00. The van der Waals surface area contributed by atoms with Crippen LogP contribution >= 0.6 is 0 Å². The van der Waals surface area contributed by atoms with Crippen molar-refractivity contribution in [2.24, 2.45) is 11.7 Å². The fourth-order valence-electron chi connectivity index (χ4n) is 1.01. The van der Waals surface area contributed by atoms with Gasteiger partial charge in [-0.2, -0.15) is 0 Å². The van der Waals surface area contributed by atoms with Gasteiger partial charge in [-0.15, -0.1) is 0 Å². The zero-order valence-electron chi connectivity index (χ0n) is 5.74. The van der Waals surface area contributed by atoms with Crippen LogP contribution in [-0.2, 0) is 4.74 Å². The first-order valence-electron chi connectivity index (χ1n) is 3.22. The molecule has 1 aliphatic heterocycles. The molecule has 0 amide bonds. The van der Waals surface area contributed by atoms with Gasteiger partial charge in [0.25, 0.3) is 0 Å². The van der Waals surface area contributed by atoms with E-state index >= 15 is 0 Å². The average molecular weight is 131 g/mol. The third-order valence-electron chi connectivity index (χ3n) is 2.03. The van der Waals surface area contributed by atoms with E-state index in [1.54, 1.807) is 0 Å². The Kier molecular flexibility index (Phi) is 1.75. The zero-order valence-corrected chi connectivity index (χ0v) is 5.74. The Labute approximate surface area is 54.8 Å². The predicted octanol–water partition coefficient (Wildman–Crippen LogP) is -0.313. The fourth-order valence-corrected chi connectivity index (χ4v) is 1.01. The van der Waals surface area contributed by atoms with Gasteiger partial charge in [0.1, 0.15) is 0 Å². The molecule has 0 aliphatic carbocycles. The third kappa shape index (κ3) is 1.08. The smallest absolute Gasteiger partial charge is 0.170 e. The standard InChI is InChI=1S/C6H13NO2/c1-3-4(2)9-6(8)5(3)7/h3-6,8H,7H2,1-2H3/t3-,4?,5-,6+/m1/s1. The van der Waals surface area contributed by atoms with Crippen LogP contribution in [0.5, 0.6) is 0 Å². The first-order valence-corrected chi connectivity index (χ1v) is 3.22. The molecule has 1 saturated heterocycles. The van der Waals surface area contributed by atoms with Gasteiger partial charge in [0.05, 0.1) is 12.1 Å². The number of rotatable bonds is 0. The molecule has 1 aliphatic rings. The summed E-state index contributed by atoms with van der Waals surface area (Å²) >= 11 is 0. The lowest BCUT2D eigenvalue weighted by Crippen LogP contribution is -2.34. The first kappa shape index (κ1) is 6.99. The molecule has 1 heterocycles. The molecule has 3 N–H and O–H groups in total. The lowest BCUT2D eigenvalue weighted by atomic mass is 10.0. The molecule has 4 atom stereocenters. The van der Waals surface area contributed by atoms with E-state index in [1.807, 2.05) is 13.8 Å². The molecule has 1 fully saturated rings. The molecule has 0 spiro atoms. The highest BCUT2D eigenvalue weighted by molar-refractivity contribution is 4.83. The molecule has 3 nitrogen and oxygen atoms in total. The Hall–Kier alpha value is -0.120. The van der Waals surface area contributed by atoms with Crippen molar-refractivity contribution in [2.45, 2.75) is 32.3 Å². The maximum atomic E-state index is 8.99. The second kappa shape index (κ2) is 2.25. The molecular weight excluding hydrogens is 118 g/mol. The summed E-state index contributed by atoms with van der Waals surface area (Å²) in [7, 11) is 0. The van der Waals surface area contributed by atoms with Crippen molar-refractivity contribution in [3.63, 3.8) is 0 Å². The molecule has 9 heavy (non-hydrogen) atoms. The number of aliphatic hydroxyl groups is 1. The minimum atomic E-state index is -0.755. The summed E-state index contributed by atoms with van der Waals surface area (Å²) in [5.41, 5.74) is 5.54. The van der Waals surface area contributed by atoms with E-state index in [1.165, 1.54) is 0 Å². The van der Waals surface area contributed by atoms with E-state index in [0.29, 0.717) is 0 Å². The van der Waals surface area contributed by atoms with Crippen LogP contribution in [0.25, 0.3) is 0 Å². The van der Waals surface area contributed by atoms with Crippen molar-refractivity contribution in [3.05, 3.63) is 0 Å². The summed E-state index contributed by atoms with van der Waals surface area (Å²) in [6, 6.07) is -0.208. The minimum Gasteiger partial charge on any atom is -0.367 e. The number of hydrogen-bond acceptors (Lipinski definition) is 3. The molecule has 0 aromatic heterocycles. The zero-order chi connectivity index (χ0) is 7.02. The number of ether oxygens (including phenoxy) is 1. The lowest BCUT2D eigenvalue weighted by molar-refractivity contribution is -0.0915. The van der Waals surface area contributed by atoms with Crippen LogP contribution in [0.1, 0.15) is 13.8 Å². The van der Waals surface area contributed by atoms with Crippen LogP contribution in [0.3, 0.4) is 0 Å². The van der Waals surface area contributed by atoms with E-state index in [-0.39, 0.29) is 18.1 Å². The van der Waals surface area contributed by atoms with Crippen molar-refractivity contribution in [1.29, 1.82) is 0 Å². The van der Waals surface area contributed by atoms with Crippen molar-refractivity contribution >= 4 is 0 Å². The van der Waals surface area contributed by atoms with Gasteiger partial charge in [-0.1, -0.05) is 6.92 Å². The van der Waals surface area contributed by atoms with Gasteiger partial charge in [-0.3, -0.25) is 0 Å². The average Bonchev–Trinajstić information content (AvgIpc) is 1.98. The van der Waals surface area contributed by atoms with Gasteiger partial charge < -0.3 is 15.6 Å². The van der Waals surface area contributed by atoms with Gasteiger partial charge in [-0.25, -0.2) is 0 Å². The third-order valence-corrected chi connectivity index (χ3v) is 2.03. The SMILES string of the molecule is CC1O[C@H](O)[C@H](N)[C@@H]1C. The summed E-state index contributed by atoms with van der Waals surface area (Å²) in [5.74, 6) is 0.264. The van der Waals surface area contributed by atoms with Crippen LogP contribution in [-0.4, -0.2) is 23.5 Å².